The van der Waals surface area contributed by atoms with Gasteiger partial charge in [0.2, 0.25) is 0 Å². The van der Waals surface area contributed by atoms with Crippen molar-refractivity contribution >= 4 is 11.6 Å². The summed E-state index contributed by atoms with van der Waals surface area (Å²) in [6.45, 7) is 2.75. The van der Waals surface area contributed by atoms with Crippen LogP contribution in [0.5, 0.6) is 5.75 Å². The van der Waals surface area contributed by atoms with Crippen LogP contribution < -0.4 is 4.74 Å². The van der Waals surface area contributed by atoms with E-state index < -0.39 is 0 Å². The zero-order valence-corrected chi connectivity index (χ0v) is 10.5. The normalized spacial score (nSPS) is 17.1. The highest BCUT2D eigenvalue weighted by Crippen LogP contribution is 2.38. The topological polar surface area (TPSA) is 9.23 Å². The molecule has 1 aliphatic carbocycles. The number of ether oxygens (including phenoxy) is 1. The van der Waals surface area contributed by atoms with Crippen LogP contribution in [0.4, 0.5) is 0 Å². The fourth-order valence-electron chi connectivity index (χ4n) is 1.99. The second-order valence-corrected chi connectivity index (χ2v) is 4.99. The maximum Gasteiger partial charge on any atom is 0.122 e. The summed E-state index contributed by atoms with van der Waals surface area (Å²) in [5.41, 5.74) is 1.29. The predicted octanol–water partition coefficient (Wildman–Crippen LogP) is 4.04. The minimum absolute atomic E-state index is 0.356. The predicted molar refractivity (Wildman–Crippen MR) is 68.3 cm³/mol. The summed E-state index contributed by atoms with van der Waals surface area (Å²) in [7, 11) is 0. The van der Waals surface area contributed by atoms with E-state index in [0.29, 0.717) is 5.38 Å². The zero-order valence-electron chi connectivity index (χ0n) is 9.79. The highest BCUT2D eigenvalue weighted by Gasteiger charge is 2.29. The van der Waals surface area contributed by atoms with Crippen LogP contribution in [0, 0.1) is 5.92 Å². The van der Waals surface area contributed by atoms with Crippen molar-refractivity contribution in [2.75, 3.05) is 6.61 Å². The molecule has 0 saturated heterocycles. The van der Waals surface area contributed by atoms with Gasteiger partial charge in [0.1, 0.15) is 5.75 Å². The molecule has 1 saturated carbocycles. The molecule has 0 aliphatic heterocycles. The number of hydrogen-bond donors (Lipinski definition) is 0. The molecular formula is C14H19ClO. The van der Waals surface area contributed by atoms with Crippen molar-refractivity contribution in [3.05, 3.63) is 29.8 Å². The maximum atomic E-state index is 6.32. The van der Waals surface area contributed by atoms with Crippen LogP contribution in [0.1, 0.15) is 31.7 Å². The van der Waals surface area contributed by atoms with E-state index in [2.05, 4.69) is 12.1 Å². The average Bonchev–Trinajstić information content (AvgIpc) is 3.12. The lowest BCUT2D eigenvalue weighted by molar-refractivity contribution is 0.336. The molecule has 0 bridgehead atoms. The van der Waals surface area contributed by atoms with Gasteiger partial charge in [-0.1, -0.05) is 18.2 Å². The van der Waals surface area contributed by atoms with E-state index >= 15 is 0 Å². The minimum atomic E-state index is 0.356. The fourth-order valence-corrected chi connectivity index (χ4v) is 2.35. The van der Waals surface area contributed by atoms with E-state index in [4.69, 9.17) is 16.3 Å². The highest BCUT2D eigenvalue weighted by atomic mass is 35.5. The summed E-state index contributed by atoms with van der Waals surface area (Å²) in [5.74, 6) is 1.80. The van der Waals surface area contributed by atoms with E-state index in [1.807, 2.05) is 19.1 Å². The lowest BCUT2D eigenvalue weighted by Gasteiger charge is -2.11. The summed E-state index contributed by atoms with van der Waals surface area (Å²) in [4.78, 5) is 0. The van der Waals surface area contributed by atoms with Gasteiger partial charge < -0.3 is 4.74 Å². The molecule has 1 atom stereocenters. The number of para-hydroxylation sites is 1. The van der Waals surface area contributed by atoms with Crippen LogP contribution in [0.25, 0.3) is 0 Å². The van der Waals surface area contributed by atoms with Crippen molar-refractivity contribution in [3.63, 3.8) is 0 Å². The van der Waals surface area contributed by atoms with Gasteiger partial charge in [-0.15, -0.1) is 11.6 Å². The first-order valence-electron chi connectivity index (χ1n) is 6.16. The van der Waals surface area contributed by atoms with Gasteiger partial charge in [0.05, 0.1) is 6.61 Å². The molecule has 0 amide bonds. The van der Waals surface area contributed by atoms with Gasteiger partial charge >= 0.3 is 0 Å². The van der Waals surface area contributed by atoms with E-state index in [0.717, 1.165) is 31.1 Å². The Morgan fingerprint density at radius 2 is 2.12 bits per heavy atom. The molecule has 1 unspecified atom stereocenters. The molecule has 0 radical (unpaired) electrons. The molecule has 0 aromatic heterocycles. The first-order chi connectivity index (χ1) is 7.81. The molecule has 0 spiro atoms. The number of aryl methyl sites for hydroxylation is 1. The number of hydrogen-bond acceptors (Lipinski definition) is 1. The fraction of sp³-hybridized carbons (Fsp3) is 0.571. The second-order valence-electron chi connectivity index (χ2n) is 4.43. The first-order valence-corrected chi connectivity index (χ1v) is 6.59. The SMILES string of the molecule is CCOc1ccccc1CCC(Cl)C1CC1. The molecule has 1 nitrogen and oxygen atoms in total. The molecule has 1 aromatic rings. The van der Waals surface area contributed by atoms with Crippen LogP contribution >= 0.6 is 11.6 Å². The Morgan fingerprint density at radius 3 is 2.81 bits per heavy atom. The number of alkyl halides is 1. The van der Waals surface area contributed by atoms with Crippen molar-refractivity contribution < 1.29 is 4.74 Å². The van der Waals surface area contributed by atoms with E-state index in [-0.39, 0.29) is 0 Å². The summed E-state index contributed by atoms with van der Waals surface area (Å²) < 4.78 is 5.60. The Bertz CT molecular complexity index is 333. The second kappa shape index (κ2) is 5.58. The number of halogens is 1. The maximum absolute atomic E-state index is 6.32. The molecule has 2 rings (SSSR count). The van der Waals surface area contributed by atoms with Crippen molar-refractivity contribution in [2.24, 2.45) is 5.92 Å². The van der Waals surface area contributed by atoms with Crippen LogP contribution in [-0.2, 0) is 6.42 Å². The quantitative estimate of drug-likeness (QED) is 0.680. The first kappa shape index (κ1) is 11.8. The molecule has 2 heteroatoms. The molecule has 16 heavy (non-hydrogen) atoms. The van der Waals surface area contributed by atoms with Gasteiger partial charge in [0, 0.05) is 5.38 Å². The van der Waals surface area contributed by atoms with Crippen molar-refractivity contribution in [2.45, 2.75) is 38.0 Å². The molecule has 1 aromatic carbocycles. The zero-order chi connectivity index (χ0) is 11.4. The summed E-state index contributed by atoms with van der Waals surface area (Å²) in [6, 6.07) is 8.27. The Balaban J connectivity index is 1.91. The van der Waals surface area contributed by atoms with Crippen LogP contribution in [-0.4, -0.2) is 12.0 Å². The Hall–Kier alpha value is -0.690. The van der Waals surface area contributed by atoms with Gasteiger partial charge in [-0.2, -0.15) is 0 Å². The lowest BCUT2D eigenvalue weighted by atomic mass is 10.1. The summed E-state index contributed by atoms with van der Waals surface area (Å²) in [5, 5.41) is 0.356. The molecule has 0 N–H and O–H groups in total. The Morgan fingerprint density at radius 1 is 1.38 bits per heavy atom. The van der Waals surface area contributed by atoms with E-state index in [1.54, 1.807) is 0 Å². The van der Waals surface area contributed by atoms with Crippen LogP contribution in [0.15, 0.2) is 24.3 Å². The van der Waals surface area contributed by atoms with Crippen LogP contribution in [0.2, 0.25) is 0 Å². The Labute approximate surface area is 103 Å². The van der Waals surface area contributed by atoms with Crippen molar-refractivity contribution in [1.29, 1.82) is 0 Å². The smallest absolute Gasteiger partial charge is 0.122 e. The molecule has 0 heterocycles. The van der Waals surface area contributed by atoms with Gasteiger partial charge in [-0.25, -0.2) is 0 Å². The largest absolute Gasteiger partial charge is 0.494 e. The third kappa shape index (κ3) is 3.15. The molecular weight excluding hydrogens is 220 g/mol. The van der Waals surface area contributed by atoms with Crippen molar-refractivity contribution in [1.82, 2.24) is 0 Å². The lowest BCUT2D eigenvalue weighted by Crippen LogP contribution is -2.04. The van der Waals surface area contributed by atoms with Gasteiger partial charge in [-0.3, -0.25) is 0 Å². The Kier molecular flexibility index (Phi) is 4.11. The van der Waals surface area contributed by atoms with Crippen molar-refractivity contribution in [3.8, 4) is 5.75 Å². The number of rotatable bonds is 6. The van der Waals surface area contributed by atoms with E-state index in [1.165, 1.54) is 18.4 Å². The highest BCUT2D eigenvalue weighted by molar-refractivity contribution is 6.20. The monoisotopic (exact) mass is 238 g/mol. The van der Waals surface area contributed by atoms with E-state index in [9.17, 15) is 0 Å². The molecule has 88 valence electrons. The standard InChI is InChI=1S/C14H19ClO/c1-2-16-14-6-4-3-5-12(14)9-10-13(15)11-7-8-11/h3-6,11,13H,2,7-10H2,1H3. The van der Waals surface area contributed by atoms with Gasteiger partial charge in [0.15, 0.2) is 0 Å². The average molecular weight is 239 g/mol. The summed E-state index contributed by atoms with van der Waals surface area (Å²) >= 11 is 6.32. The third-order valence-electron chi connectivity index (χ3n) is 3.10. The van der Waals surface area contributed by atoms with Gasteiger partial charge in [0.25, 0.3) is 0 Å². The van der Waals surface area contributed by atoms with Crippen LogP contribution in [0.3, 0.4) is 0 Å². The molecule has 1 fully saturated rings. The molecule has 1 aliphatic rings. The number of benzene rings is 1. The third-order valence-corrected chi connectivity index (χ3v) is 3.67. The minimum Gasteiger partial charge on any atom is -0.494 e. The summed E-state index contributed by atoms with van der Waals surface area (Å²) in [6.07, 6.45) is 4.74. The van der Waals surface area contributed by atoms with Gasteiger partial charge in [-0.05, 0) is 50.2 Å².